The van der Waals surface area contributed by atoms with Gasteiger partial charge < -0.3 is 5.11 Å². The van der Waals surface area contributed by atoms with E-state index < -0.39 is 6.10 Å². The van der Waals surface area contributed by atoms with E-state index in [-0.39, 0.29) is 0 Å². The molecule has 1 atom stereocenters. The van der Waals surface area contributed by atoms with Crippen LogP contribution in [0.15, 0.2) is 51.4 Å². The maximum absolute atomic E-state index is 10.2. The van der Waals surface area contributed by atoms with Crippen molar-refractivity contribution in [2.75, 3.05) is 0 Å². The van der Waals surface area contributed by atoms with Gasteiger partial charge in [-0.1, -0.05) is 51.8 Å². The molecule has 94 valence electrons. The molecule has 0 aliphatic rings. The van der Waals surface area contributed by atoms with E-state index in [2.05, 4.69) is 31.9 Å². The highest BCUT2D eigenvalue weighted by molar-refractivity contribution is 9.10. The van der Waals surface area contributed by atoms with Crippen molar-refractivity contribution in [3.8, 4) is 0 Å². The third-order valence-electron chi connectivity index (χ3n) is 2.68. The van der Waals surface area contributed by atoms with Crippen LogP contribution in [0.25, 0.3) is 0 Å². The molecule has 0 amide bonds. The molecule has 0 aliphatic carbocycles. The van der Waals surface area contributed by atoms with Crippen molar-refractivity contribution in [2.24, 2.45) is 0 Å². The van der Waals surface area contributed by atoms with E-state index in [1.54, 1.807) is 0 Å². The van der Waals surface area contributed by atoms with Gasteiger partial charge in [0.15, 0.2) is 0 Å². The van der Waals surface area contributed by atoms with Gasteiger partial charge >= 0.3 is 0 Å². The number of hydrogen-bond acceptors (Lipinski definition) is 1. The first kappa shape index (κ1) is 14.1. The first-order valence-electron chi connectivity index (χ1n) is 5.44. The fraction of sp³-hybridized carbons (Fsp3) is 0.143. The Morgan fingerprint density at radius 3 is 2.39 bits per heavy atom. The van der Waals surface area contributed by atoms with Crippen LogP contribution >= 0.6 is 43.5 Å². The minimum absolute atomic E-state index is 0.545. The summed E-state index contributed by atoms with van der Waals surface area (Å²) in [4.78, 5) is 0. The topological polar surface area (TPSA) is 20.2 Å². The van der Waals surface area contributed by atoms with Gasteiger partial charge in [-0.05, 0) is 39.7 Å². The smallest absolute Gasteiger partial charge is 0.0845 e. The van der Waals surface area contributed by atoms with Crippen LogP contribution in [0.3, 0.4) is 0 Å². The van der Waals surface area contributed by atoms with E-state index in [1.807, 2.05) is 42.5 Å². The summed E-state index contributed by atoms with van der Waals surface area (Å²) in [6.07, 6.45) is -0.0557. The van der Waals surface area contributed by atoms with Gasteiger partial charge in [-0.25, -0.2) is 0 Å². The van der Waals surface area contributed by atoms with Crippen molar-refractivity contribution < 1.29 is 5.11 Å². The molecule has 0 spiro atoms. The van der Waals surface area contributed by atoms with E-state index in [9.17, 15) is 5.11 Å². The average molecular weight is 391 g/mol. The lowest BCUT2D eigenvalue weighted by atomic mass is 10.0. The first-order chi connectivity index (χ1) is 8.58. The predicted molar refractivity (Wildman–Crippen MR) is 82.0 cm³/mol. The zero-order valence-corrected chi connectivity index (χ0v) is 13.3. The number of rotatable bonds is 3. The monoisotopic (exact) mass is 388 g/mol. The van der Waals surface area contributed by atoms with Crippen molar-refractivity contribution in [3.63, 3.8) is 0 Å². The summed E-state index contributed by atoms with van der Waals surface area (Å²) in [5, 5.41) is 10.8. The Morgan fingerprint density at radius 1 is 1.06 bits per heavy atom. The second-order valence-electron chi connectivity index (χ2n) is 3.99. The maximum Gasteiger partial charge on any atom is 0.0845 e. The third-order valence-corrected chi connectivity index (χ3v) is 4.52. The van der Waals surface area contributed by atoms with Crippen LogP contribution in [0.1, 0.15) is 17.2 Å². The molecule has 0 saturated carbocycles. The molecule has 1 unspecified atom stereocenters. The van der Waals surface area contributed by atoms with Crippen LogP contribution in [0, 0.1) is 0 Å². The van der Waals surface area contributed by atoms with Crippen LogP contribution in [-0.2, 0) is 6.42 Å². The van der Waals surface area contributed by atoms with Crippen LogP contribution in [-0.4, -0.2) is 5.11 Å². The maximum atomic E-state index is 10.2. The zero-order chi connectivity index (χ0) is 13.1. The molecule has 0 bridgehead atoms. The van der Waals surface area contributed by atoms with Gasteiger partial charge in [-0.2, -0.15) is 0 Å². The summed E-state index contributed by atoms with van der Waals surface area (Å²) < 4.78 is 1.83. The molecule has 0 saturated heterocycles. The molecular weight excluding hydrogens is 379 g/mol. The summed E-state index contributed by atoms with van der Waals surface area (Å²) >= 11 is 12.9. The lowest BCUT2D eigenvalue weighted by molar-refractivity contribution is 0.178. The summed E-state index contributed by atoms with van der Waals surface area (Å²) in [6.45, 7) is 0. The molecule has 0 aliphatic heterocycles. The summed E-state index contributed by atoms with van der Waals surface area (Å²) in [5.74, 6) is 0. The molecule has 18 heavy (non-hydrogen) atoms. The van der Waals surface area contributed by atoms with Gasteiger partial charge in [0.2, 0.25) is 0 Å². The van der Waals surface area contributed by atoms with Gasteiger partial charge in [-0.3, -0.25) is 0 Å². The van der Waals surface area contributed by atoms with Crippen LogP contribution < -0.4 is 0 Å². The SMILES string of the molecule is OC(Cc1ccc(Br)cc1)c1cccc(Br)c1Cl. The van der Waals surface area contributed by atoms with Crippen LogP contribution in [0.2, 0.25) is 5.02 Å². The minimum atomic E-state index is -0.601. The summed E-state index contributed by atoms with van der Waals surface area (Å²) in [7, 11) is 0. The van der Waals surface area contributed by atoms with E-state index in [4.69, 9.17) is 11.6 Å². The number of hydrogen-bond donors (Lipinski definition) is 1. The Hall–Kier alpha value is -0.350. The molecule has 4 heteroatoms. The highest BCUT2D eigenvalue weighted by Gasteiger charge is 2.13. The van der Waals surface area contributed by atoms with Crippen molar-refractivity contribution in [2.45, 2.75) is 12.5 Å². The lowest BCUT2D eigenvalue weighted by Crippen LogP contribution is -2.02. The molecule has 0 heterocycles. The summed E-state index contributed by atoms with van der Waals surface area (Å²) in [6, 6.07) is 13.5. The van der Waals surface area contributed by atoms with Gasteiger partial charge in [0.25, 0.3) is 0 Å². The molecule has 0 fully saturated rings. The van der Waals surface area contributed by atoms with E-state index in [1.165, 1.54) is 0 Å². The highest BCUT2D eigenvalue weighted by atomic mass is 79.9. The average Bonchev–Trinajstić information content (AvgIpc) is 2.35. The third kappa shape index (κ3) is 3.35. The van der Waals surface area contributed by atoms with Gasteiger partial charge in [-0.15, -0.1) is 0 Å². The Labute approximate surface area is 128 Å². The van der Waals surface area contributed by atoms with Crippen molar-refractivity contribution in [1.29, 1.82) is 0 Å². The number of benzene rings is 2. The van der Waals surface area contributed by atoms with E-state index in [0.717, 1.165) is 20.1 Å². The van der Waals surface area contributed by atoms with E-state index >= 15 is 0 Å². The molecular formula is C14H11Br2ClO. The minimum Gasteiger partial charge on any atom is -0.388 e. The van der Waals surface area contributed by atoms with Gasteiger partial charge in [0.1, 0.15) is 0 Å². The molecule has 1 N–H and O–H groups in total. The Balaban J connectivity index is 2.19. The Bertz CT molecular complexity index is 540. The largest absolute Gasteiger partial charge is 0.388 e. The molecule has 2 aromatic carbocycles. The Kier molecular flexibility index (Phi) is 4.84. The van der Waals surface area contributed by atoms with E-state index in [0.29, 0.717) is 11.4 Å². The second-order valence-corrected chi connectivity index (χ2v) is 6.14. The van der Waals surface area contributed by atoms with Crippen molar-refractivity contribution >= 4 is 43.5 Å². The molecule has 2 rings (SSSR count). The second kappa shape index (κ2) is 6.20. The predicted octanol–water partition coefficient (Wildman–Crippen LogP) is 5.14. The van der Waals surface area contributed by atoms with Gasteiger partial charge in [0.05, 0.1) is 11.1 Å². The zero-order valence-electron chi connectivity index (χ0n) is 9.41. The fourth-order valence-electron chi connectivity index (χ4n) is 1.73. The first-order valence-corrected chi connectivity index (χ1v) is 7.40. The molecule has 0 radical (unpaired) electrons. The molecule has 1 nitrogen and oxygen atoms in total. The van der Waals surface area contributed by atoms with Crippen molar-refractivity contribution in [1.82, 2.24) is 0 Å². The van der Waals surface area contributed by atoms with Gasteiger partial charge in [0, 0.05) is 20.9 Å². The summed E-state index contributed by atoms with van der Waals surface area (Å²) in [5.41, 5.74) is 1.82. The van der Waals surface area contributed by atoms with Crippen molar-refractivity contribution in [3.05, 3.63) is 67.6 Å². The molecule has 2 aromatic rings. The Morgan fingerprint density at radius 2 is 1.72 bits per heavy atom. The highest BCUT2D eigenvalue weighted by Crippen LogP contribution is 2.31. The number of aliphatic hydroxyl groups excluding tert-OH is 1. The normalized spacial score (nSPS) is 12.4. The fourth-order valence-corrected chi connectivity index (χ4v) is 2.63. The lowest BCUT2D eigenvalue weighted by Gasteiger charge is -2.13. The quantitative estimate of drug-likeness (QED) is 0.769. The number of halogens is 3. The van der Waals surface area contributed by atoms with Crippen LogP contribution in [0.5, 0.6) is 0 Å². The van der Waals surface area contributed by atoms with Crippen LogP contribution in [0.4, 0.5) is 0 Å². The standard InChI is InChI=1S/C14H11Br2ClO/c15-10-6-4-9(5-7-10)8-13(18)11-2-1-3-12(16)14(11)17/h1-7,13,18H,8H2. The number of aliphatic hydroxyl groups is 1. The molecule has 0 aromatic heterocycles.